The first-order chi connectivity index (χ1) is 7.53. The number of hydrogen-bond donors (Lipinski definition) is 2. The van der Waals surface area contributed by atoms with E-state index in [4.69, 9.17) is 10.5 Å². The van der Waals surface area contributed by atoms with E-state index in [1.165, 1.54) is 6.42 Å². The van der Waals surface area contributed by atoms with Crippen LogP contribution in [0.1, 0.15) is 33.1 Å². The highest BCUT2D eigenvalue weighted by Gasteiger charge is 2.45. The van der Waals surface area contributed by atoms with E-state index in [1.54, 1.807) is 0 Å². The molecule has 4 heteroatoms. The Balaban J connectivity index is 1.69. The molecule has 3 atom stereocenters. The molecule has 1 heterocycles. The minimum atomic E-state index is -0.268. The zero-order valence-electron chi connectivity index (χ0n) is 10.2. The average molecular weight is 226 g/mol. The van der Waals surface area contributed by atoms with Crippen LogP contribution in [-0.2, 0) is 9.53 Å². The van der Waals surface area contributed by atoms with E-state index in [-0.39, 0.29) is 18.1 Å². The van der Waals surface area contributed by atoms with Gasteiger partial charge in [0.15, 0.2) is 0 Å². The molecule has 1 unspecified atom stereocenters. The van der Waals surface area contributed by atoms with Crippen molar-refractivity contribution in [3.05, 3.63) is 0 Å². The number of amides is 1. The Morgan fingerprint density at radius 1 is 1.50 bits per heavy atom. The molecule has 1 aliphatic carbocycles. The fourth-order valence-electron chi connectivity index (χ4n) is 2.33. The fraction of sp³-hybridized carbons (Fsp3) is 0.917. The molecule has 0 aromatic heterocycles. The molecule has 2 rings (SSSR count). The van der Waals surface area contributed by atoms with Crippen LogP contribution in [0.15, 0.2) is 0 Å². The lowest BCUT2D eigenvalue weighted by atomic mass is 10.1. The molecule has 0 aromatic rings. The van der Waals surface area contributed by atoms with E-state index in [0.29, 0.717) is 17.9 Å². The van der Waals surface area contributed by atoms with Crippen LogP contribution in [0, 0.1) is 11.3 Å². The van der Waals surface area contributed by atoms with Crippen LogP contribution in [-0.4, -0.2) is 31.2 Å². The number of carbonyl (C=O) groups is 1. The minimum Gasteiger partial charge on any atom is -0.364 e. The van der Waals surface area contributed by atoms with Crippen LogP contribution in [0.3, 0.4) is 0 Å². The number of ether oxygens (including phenoxy) is 1. The molecule has 16 heavy (non-hydrogen) atoms. The molecule has 0 aromatic carbocycles. The summed E-state index contributed by atoms with van der Waals surface area (Å²) in [5.41, 5.74) is 5.93. The summed E-state index contributed by atoms with van der Waals surface area (Å²) in [6.07, 6.45) is 2.73. The van der Waals surface area contributed by atoms with Gasteiger partial charge >= 0.3 is 0 Å². The van der Waals surface area contributed by atoms with Crippen molar-refractivity contribution in [3.8, 4) is 0 Å². The predicted octanol–water partition coefficient (Wildman–Crippen LogP) is 0.655. The lowest BCUT2D eigenvalue weighted by Gasteiger charge is -2.13. The maximum atomic E-state index is 11.8. The third kappa shape index (κ3) is 2.55. The first-order valence-electron chi connectivity index (χ1n) is 6.16. The highest BCUT2D eigenvalue weighted by Crippen LogP contribution is 2.50. The Morgan fingerprint density at radius 3 is 2.69 bits per heavy atom. The maximum absolute atomic E-state index is 11.8. The van der Waals surface area contributed by atoms with Crippen LogP contribution in [0.2, 0.25) is 0 Å². The first-order valence-corrected chi connectivity index (χ1v) is 6.16. The minimum absolute atomic E-state index is 0.0404. The van der Waals surface area contributed by atoms with Crippen LogP contribution < -0.4 is 11.1 Å². The zero-order valence-corrected chi connectivity index (χ0v) is 10.2. The molecule has 1 saturated heterocycles. The molecule has 2 aliphatic rings. The van der Waals surface area contributed by atoms with Gasteiger partial charge in [-0.05, 0) is 30.6 Å². The molecule has 2 fully saturated rings. The van der Waals surface area contributed by atoms with Gasteiger partial charge < -0.3 is 15.8 Å². The van der Waals surface area contributed by atoms with E-state index in [0.717, 1.165) is 19.4 Å². The Morgan fingerprint density at radius 2 is 2.19 bits per heavy atom. The monoisotopic (exact) mass is 226 g/mol. The second-order valence-electron chi connectivity index (χ2n) is 5.69. The number of rotatable bonds is 4. The van der Waals surface area contributed by atoms with Crippen molar-refractivity contribution in [2.45, 2.75) is 45.3 Å². The molecule has 0 bridgehead atoms. The molecule has 3 N–H and O–H groups in total. The van der Waals surface area contributed by atoms with Crippen molar-refractivity contribution in [2.75, 3.05) is 13.1 Å². The molecule has 0 spiro atoms. The van der Waals surface area contributed by atoms with Crippen LogP contribution in [0.4, 0.5) is 0 Å². The van der Waals surface area contributed by atoms with E-state index in [1.807, 2.05) is 0 Å². The normalized spacial score (nSPS) is 36.1. The molecule has 1 saturated carbocycles. The van der Waals surface area contributed by atoms with Crippen LogP contribution in [0.25, 0.3) is 0 Å². The van der Waals surface area contributed by atoms with Crippen molar-refractivity contribution < 1.29 is 9.53 Å². The molecular formula is C12H22N2O2. The van der Waals surface area contributed by atoms with Gasteiger partial charge in [0, 0.05) is 13.1 Å². The fourth-order valence-corrected chi connectivity index (χ4v) is 2.33. The number of carbonyl (C=O) groups excluding carboxylic acids is 1. The van der Waals surface area contributed by atoms with E-state index >= 15 is 0 Å². The first kappa shape index (κ1) is 11.9. The summed E-state index contributed by atoms with van der Waals surface area (Å²) in [6.45, 7) is 5.78. The Kier molecular flexibility index (Phi) is 3.22. The lowest BCUT2D eigenvalue weighted by molar-refractivity contribution is -0.131. The average Bonchev–Trinajstić information content (AvgIpc) is 2.69. The van der Waals surface area contributed by atoms with E-state index in [2.05, 4.69) is 19.2 Å². The standard InChI is InChI=1S/C12H22N2O2/c1-12(2)5-8(12)7-14-11(15)10-4-3-9(6-13)16-10/h8-10H,3-7,13H2,1-2H3,(H,14,15)/t8?,9-,10+/m1/s1. The SMILES string of the molecule is CC1(C)CC1CNC(=O)[C@@H]1CC[C@H](CN)O1. The van der Waals surface area contributed by atoms with Crippen molar-refractivity contribution >= 4 is 5.91 Å². The smallest absolute Gasteiger partial charge is 0.249 e. The summed E-state index contributed by atoms with van der Waals surface area (Å²) in [7, 11) is 0. The van der Waals surface area contributed by atoms with Crippen LogP contribution in [0.5, 0.6) is 0 Å². The van der Waals surface area contributed by atoms with Gasteiger partial charge in [-0.25, -0.2) is 0 Å². The summed E-state index contributed by atoms with van der Waals surface area (Å²) >= 11 is 0. The predicted molar refractivity (Wildman–Crippen MR) is 61.8 cm³/mol. The quantitative estimate of drug-likeness (QED) is 0.740. The topological polar surface area (TPSA) is 64.4 Å². The summed E-state index contributed by atoms with van der Waals surface area (Å²) < 4.78 is 5.54. The summed E-state index contributed by atoms with van der Waals surface area (Å²) in [4.78, 5) is 11.8. The Bertz CT molecular complexity index is 278. The van der Waals surface area contributed by atoms with Gasteiger partial charge in [-0.2, -0.15) is 0 Å². The van der Waals surface area contributed by atoms with Gasteiger partial charge in [0.1, 0.15) is 6.10 Å². The Labute approximate surface area is 96.9 Å². The van der Waals surface area contributed by atoms with Crippen LogP contribution >= 0.6 is 0 Å². The van der Waals surface area contributed by atoms with Crippen molar-refractivity contribution in [2.24, 2.45) is 17.1 Å². The third-order valence-corrected chi connectivity index (χ3v) is 3.90. The van der Waals surface area contributed by atoms with Crippen molar-refractivity contribution in [1.82, 2.24) is 5.32 Å². The van der Waals surface area contributed by atoms with Crippen molar-refractivity contribution in [1.29, 1.82) is 0 Å². The summed E-state index contributed by atoms with van der Waals surface area (Å²) in [6, 6.07) is 0. The lowest BCUT2D eigenvalue weighted by Crippen LogP contribution is -2.36. The van der Waals surface area contributed by atoms with Gasteiger partial charge in [0.2, 0.25) is 5.91 Å². The maximum Gasteiger partial charge on any atom is 0.249 e. The van der Waals surface area contributed by atoms with Gasteiger partial charge in [-0.3, -0.25) is 4.79 Å². The molecule has 1 aliphatic heterocycles. The van der Waals surface area contributed by atoms with Gasteiger partial charge in [0.25, 0.3) is 0 Å². The summed E-state index contributed by atoms with van der Waals surface area (Å²) in [5.74, 6) is 0.682. The van der Waals surface area contributed by atoms with E-state index in [9.17, 15) is 4.79 Å². The third-order valence-electron chi connectivity index (χ3n) is 3.90. The largest absolute Gasteiger partial charge is 0.364 e. The Hall–Kier alpha value is -0.610. The second kappa shape index (κ2) is 4.34. The number of nitrogens with two attached hydrogens (primary N) is 1. The zero-order chi connectivity index (χ0) is 11.8. The number of hydrogen-bond acceptors (Lipinski definition) is 3. The van der Waals surface area contributed by atoms with Gasteiger partial charge in [-0.1, -0.05) is 13.8 Å². The molecular weight excluding hydrogens is 204 g/mol. The molecule has 92 valence electrons. The van der Waals surface area contributed by atoms with Crippen molar-refractivity contribution in [3.63, 3.8) is 0 Å². The summed E-state index contributed by atoms with van der Waals surface area (Å²) in [5, 5.41) is 2.98. The van der Waals surface area contributed by atoms with Gasteiger partial charge in [-0.15, -0.1) is 0 Å². The highest BCUT2D eigenvalue weighted by atomic mass is 16.5. The molecule has 0 radical (unpaired) electrons. The molecule has 1 amide bonds. The second-order valence-corrected chi connectivity index (χ2v) is 5.69. The highest BCUT2D eigenvalue weighted by molar-refractivity contribution is 5.81. The van der Waals surface area contributed by atoms with E-state index < -0.39 is 0 Å². The molecule has 4 nitrogen and oxygen atoms in total. The van der Waals surface area contributed by atoms with Gasteiger partial charge in [0.05, 0.1) is 6.10 Å². The number of nitrogens with one attached hydrogen (secondary N) is 1.